The lowest BCUT2D eigenvalue weighted by atomic mass is 10.1. The first-order valence-electron chi connectivity index (χ1n) is 6.56. The van der Waals surface area contributed by atoms with Crippen molar-refractivity contribution in [2.75, 3.05) is 6.54 Å². The molecule has 0 aromatic heterocycles. The second-order valence-corrected chi connectivity index (χ2v) is 4.75. The molecule has 0 bridgehead atoms. The van der Waals surface area contributed by atoms with E-state index in [1.165, 1.54) is 24.3 Å². The van der Waals surface area contributed by atoms with Gasteiger partial charge in [0.05, 0.1) is 5.56 Å². The Kier molecular flexibility index (Phi) is 4.96. The summed E-state index contributed by atoms with van der Waals surface area (Å²) in [5.41, 5.74) is 0.940. The normalized spacial score (nSPS) is 11.6. The molecule has 2 aromatic rings. The van der Waals surface area contributed by atoms with Crippen LogP contribution in [0.2, 0.25) is 0 Å². The highest BCUT2D eigenvalue weighted by Gasteiger charge is 2.30. The quantitative estimate of drug-likeness (QED) is 0.645. The lowest BCUT2D eigenvalue weighted by Crippen LogP contribution is -2.17. The van der Waals surface area contributed by atoms with Crippen LogP contribution < -0.4 is 5.32 Å². The summed E-state index contributed by atoms with van der Waals surface area (Å²) < 4.78 is 50.4. The van der Waals surface area contributed by atoms with Crippen molar-refractivity contribution in [1.82, 2.24) is 5.32 Å². The van der Waals surface area contributed by atoms with E-state index in [-0.39, 0.29) is 5.82 Å². The third-order valence-corrected chi connectivity index (χ3v) is 3.09. The molecule has 0 saturated carbocycles. The number of alkyl halides is 3. The van der Waals surface area contributed by atoms with Crippen molar-refractivity contribution < 1.29 is 17.6 Å². The lowest BCUT2D eigenvalue weighted by molar-refractivity contribution is -0.137. The molecule has 0 aliphatic carbocycles. The molecule has 0 aliphatic rings. The first-order valence-corrected chi connectivity index (χ1v) is 6.56. The third kappa shape index (κ3) is 4.86. The van der Waals surface area contributed by atoms with Crippen molar-refractivity contribution in [2.24, 2.45) is 0 Å². The van der Waals surface area contributed by atoms with Crippen molar-refractivity contribution >= 4 is 0 Å². The van der Waals surface area contributed by atoms with Crippen LogP contribution in [0.1, 0.15) is 16.7 Å². The molecule has 0 spiro atoms. The molecule has 0 fully saturated rings. The second-order valence-electron chi connectivity index (χ2n) is 4.75. The average Bonchev–Trinajstić information content (AvgIpc) is 2.45. The fraction of sp³-hybridized carbons (Fsp3) is 0.250. The minimum absolute atomic E-state index is 0.289. The summed E-state index contributed by atoms with van der Waals surface area (Å²) in [5, 5.41) is 3.12. The minimum Gasteiger partial charge on any atom is -0.312 e. The number of halogens is 4. The summed E-state index contributed by atoms with van der Waals surface area (Å²) in [5.74, 6) is -0.289. The second kappa shape index (κ2) is 6.72. The predicted molar refractivity (Wildman–Crippen MR) is 73.3 cm³/mol. The van der Waals surface area contributed by atoms with E-state index in [4.69, 9.17) is 0 Å². The maximum Gasteiger partial charge on any atom is 0.416 e. The van der Waals surface area contributed by atoms with E-state index < -0.39 is 11.7 Å². The average molecular weight is 297 g/mol. The van der Waals surface area contributed by atoms with Crippen LogP contribution in [0.5, 0.6) is 0 Å². The summed E-state index contributed by atoms with van der Waals surface area (Å²) in [6.45, 7) is 1.11. The fourth-order valence-electron chi connectivity index (χ4n) is 1.97. The molecule has 2 rings (SSSR count). The van der Waals surface area contributed by atoms with E-state index in [0.29, 0.717) is 25.1 Å². The summed E-state index contributed by atoms with van der Waals surface area (Å²) in [4.78, 5) is 0. The maximum atomic E-state index is 12.7. The highest BCUT2D eigenvalue weighted by Crippen LogP contribution is 2.29. The molecule has 0 aliphatic heterocycles. The molecule has 0 saturated heterocycles. The molecular weight excluding hydrogens is 282 g/mol. The molecule has 0 heterocycles. The highest BCUT2D eigenvalue weighted by atomic mass is 19.4. The van der Waals surface area contributed by atoms with Crippen molar-refractivity contribution in [1.29, 1.82) is 0 Å². The van der Waals surface area contributed by atoms with Crippen LogP contribution in [0.3, 0.4) is 0 Å². The van der Waals surface area contributed by atoms with Crippen LogP contribution in [-0.4, -0.2) is 6.54 Å². The van der Waals surface area contributed by atoms with E-state index in [0.717, 1.165) is 11.6 Å². The molecule has 0 radical (unpaired) electrons. The molecule has 1 N–H and O–H groups in total. The summed E-state index contributed by atoms with van der Waals surface area (Å²) in [6.07, 6.45) is -3.80. The number of benzene rings is 2. The van der Waals surface area contributed by atoms with Gasteiger partial charge in [0.25, 0.3) is 0 Å². The Bertz CT molecular complexity index is 576. The molecule has 21 heavy (non-hydrogen) atoms. The Morgan fingerprint density at radius 3 is 2.29 bits per heavy atom. The molecule has 2 aromatic carbocycles. The minimum atomic E-state index is -4.31. The van der Waals surface area contributed by atoms with Gasteiger partial charge in [-0.1, -0.05) is 30.3 Å². The molecule has 1 nitrogen and oxygen atoms in total. The van der Waals surface area contributed by atoms with E-state index in [9.17, 15) is 17.6 Å². The topological polar surface area (TPSA) is 12.0 Å². The third-order valence-electron chi connectivity index (χ3n) is 3.09. The van der Waals surface area contributed by atoms with E-state index >= 15 is 0 Å². The Balaban J connectivity index is 1.82. The van der Waals surface area contributed by atoms with Crippen molar-refractivity contribution in [3.8, 4) is 0 Å². The summed E-state index contributed by atoms with van der Waals surface area (Å²) >= 11 is 0. The van der Waals surface area contributed by atoms with Gasteiger partial charge >= 0.3 is 6.18 Å². The standard InChI is InChI=1S/C16H15F4N/c17-15-6-4-13(5-7-15)11-21-9-8-12-2-1-3-14(10-12)16(18,19)20/h1-7,10,21H,8-9,11H2. The number of hydrogen-bond donors (Lipinski definition) is 1. The van der Waals surface area contributed by atoms with Crippen molar-refractivity contribution in [3.63, 3.8) is 0 Å². The molecule has 5 heteroatoms. The molecule has 0 amide bonds. The van der Waals surface area contributed by atoms with Crippen LogP contribution >= 0.6 is 0 Å². The van der Waals surface area contributed by atoms with Gasteiger partial charge in [-0.25, -0.2) is 4.39 Å². The van der Waals surface area contributed by atoms with Gasteiger partial charge in [-0.2, -0.15) is 13.2 Å². The maximum absolute atomic E-state index is 12.7. The van der Waals surface area contributed by atoms with Gasteiger partial charge in [-0.05, 0) is 42.3 Å². The van der Waals surface area contributed by atoms with Crippen LogP contribution in [-0.2, 0) is 19.1 Å². The monoisotopic (exact) mass is 297 g/mol. The SMILES string of the molecule is Fc1ccc(CNCCc2cccc(C(F)(F)F)c2)cc1. The Morgan fingerprint density at radius 2 is 1.62 bits per heavy atom. The van der Waals surface area contributed by atoms with Gasteiger partial charge in [0, 0.05) is 6.54 Å². The molecule has 0 unspecified atom stereocenters. The van der Waals surface area contributed by atoms with E-state index in [1.54, 1.807) is 18.2 Å². The fourth-order valence-corrected chi connectivity index (χ4v) is 1.97. The zero-order valence-corrected chi connectivity index (χ0v) is 11.3. The van der Waals surface area contributed by atoms with Gasteiger partial charge in [-0.15, -0.1) is 0 Å². The van der Waals surface area contributed by atoms with Crippen LogP contribution in [0.4, 0.5) is 17.6 Å². The van der Waals surface area contributed by atoms with Crippen molar-refractivity contribution in [3.05, 3.63) is 71.0 Å². The summed E-state index contributed by atoms with van der Waals surface area (Å²) in [7, 11) is 0. The Morgan fingerprint density at radius 1 is 0.905 bits per heavy atom. The van der Waals surface area contributed by atoms with Gasteiger partial charge in [0.15, 0.2) is 0 Å². The van der Waals surface area contributed by atoms with Crippen LogP contribution in [0, 0.1) is 5.82 Å². The smallest absolute Gasteiger partial charge is 0.312 e. The predicted octanol–water partition coefficient (Wildman–Crippen LogP) is 4.18. The number of nitrogens with one attached hydrogen (secondary N) is 1. The van der Waals surface area contributed by atoms with Crippen molar-refractivity contribution in [2.45, 2.75) is 19.1 Å². The van der Waals surface area contributed by atoms with Gasteiger partial charge in [0.1, 0.15) is 5.82 Å². The van der Waals surface area contributed by atoms with Crippen LogP contribution in [0.15, 0.2) is 48.5 Å². The highest BCUT2D eigenvalue weighted by molar-refractivity contribution is 5.26. The van der Waals surface area contributed by atoms with Gasteiger partial charge in [-0.3, -0.25) is 0 Å². The number of rotatable bonds is 5. The number of hydrogen-bond acceptors (Lipinski definition) is 1. The molecular formula is C16H15F4N. The van der Waals surface area contributed by atoms with E-state index in [2.05, 4.69) is 5.32 Å². The Hall–Kier alpha value is -1.88. The summed E-state index contributed by atoms with van der Waals surface area (Å²) in [6, 6.07) is 11.4. The molecule has 112 valence electrons. The zero-order valence-electron chi connectivity index (χ0n) is 11.3. The largest absolute Gasteiger partial charge is 0.416 e. The van der Waals surface area contributed by atoms with E-state index in [1.807, 2.05) is 0 Å². The zero-order chi connectivity index (χ0) is 15.3. The first-order chi connectivity index (χ1) is 9.95. The Labute approximate surface area is 120 Å². The molecule has 0 atom stereocenters. The van der Waals surface area contributed by atoms with Crippen LogP contribution in [0.25, 0.3) is 0 Å². The van der Waals surface area contributed by atoms with Gasteiger partial charge < -0.3 is 5.32 Å². The van der Waals surface area contributed by atoms with Gasteiger partial charge in [0.2, 0.25) is 0 Å². The lowest BCUT2D eigenvalue weighted by Gasteiger charge is -2.09. The first kappa shape index (κ1) is 15.5.